The first-order chi connectivity index (χ1) is 14.1. The maximum atomic E-state index is 11.9. The van der Waals surface area contributed by atoms with Crippen molar-refractivity contribution in [2.24, 2.45) is 5.92 Å². The molecule has 0 radical (unpaired) electrons. The van der Waals surface area contributed by atoms with Crippen LogP contribution in [-0.4, -0.2) is 23.7 Å². The zero-order valence-electron chi connectivity index (χ0n) is 19.4. The van der Waals surface area contributed by atoms with E-state index in [1.807, 2.05) is 0 Å². The lowest BCUT2D eigenvalue weighted by Crippen LogP contribution is -2.15. The number of carbonyl (C=O) groups is 2. The summed E-state index contributed by atoms with van der Waals surface area (Å²) in [7, 11) is 0. The maximum absolute atomic E-state index is 11.9. The van der Waals surface area contributed by atoms with Crippen molar-refractivity contribution < 1.29 is 19.4 Å². The number of ether oxygens (including phenoxy) is 1. The molecule has 29 heavy (non-hydrogen) atoms. The molecule has 0 amide bonds. The Morgan fingerprint density at radius 2 is 1.10 bits per heavy atom. The molecule has 1 atom stereocenters. The molecular formula is C25H48O4. The van der Waals surface area contributed by atoms with Gasteiger partial charge in [-0.05, 0) is 25.2 Å². The average molecular weight is 413 g/mol. The molecule has 0 aliphatic heterocycles. The number of esters is 1. The van der Waals surface area contributed by atoms with Crippen LogP contribution in [0.2, 0.25) is 0 Å². The number of hydrogen-bond donors (Lipinski definition) is 1. The van der Waals surface area contributed by atoms with Gasteiger partial charge in [0.1, 0.15) is 0 Å². The molecule has 4 nitrogen and oxygen atoms in total. The van der Waals surface area contributed by atoms with E-state index in [9.17, 15) is 9.59 Å². The minimum atomic E-state index is -0.853. The third-order valence-corrected chi connectivity index (χ3v) is 5.68. The predicted molar refractivity (Wildman–Crippen MR) is 121 cm³/mol. The molecule has 0 bridgehead atoms. The summed E-state index contributed by atoms with van der Waals surface area (Å²) in [6, 6.07) is 0. The van der Waals surface area contributed by atoms with Crippen molar-refractivity contribution in [2.75, 3.05) is 6.61 Å². The van der Waals surface area contributed by atoms with Crippen LogP contribution in [0, 0.1) is 5.92 Å². The van der Waals surface area contributed by atoms with Crippen molar-refractivity contribution in [1.82, 2.24) is 0 Å². The Hall–Kier alpha value is -1.06. The van der Waals surface area contributed by atoms with E-state index in [0.717, 1.165) is 12.8 Å². The molecule has 0 aromatic rings. The SMILES string of the molecule is CCCCCCCCCCC(CCCCCCCC)COC(=O)CCCC(=O)O. The van der Waals surface area contributed by atoms with Gasteiger partial charge in [-0.15, -0.1) is 0 Å². The summed E-state index contributed by atoms with van der Waals surface area (Å²) in [6.45, 7) is 5.00. The second-order valence-electron chi connectivity index (χ2n) is 8.62. The molecule has 172 valence electrons. The monoisotopic (exact) mass is 412 g/mol. The van der Waals surface area contributed by atoms with E-state index in [1.165, 1.54) is 89.9 Å². The van der Waals surface area contributed by atoms with Crippen LogP contribution in [0.1, 0.15) is 136 Å². The second kappa shape index (κ2) is 21.6. The van der Waals surface area contributed by atoms with Crippen LogP contribution in [0.5, 0.6) is 0 Å². The van der Waals surface area contributed by atoms with Gasteiger partial charge in [0.05, 0.1) is 6.61 Å². The summed E-state index contributed by atoms with van der Waals surface area (Å²) >= 11 is 0. The Kier molecular flexibility index (Phi) is 20.9. The molecule has 0 fully saturated rings. The standard InChI is InChI=1S/C25H48O4/c1-3-5-7-9-11-12-14-16-19-23(18-15-13-10-8-6-4-2)22-29-25(28)21-17-20-24(26)27/h23H,3-22H2,1-2H3,(H,26,27). The zero-order chi connectivity index (χ0) is 21.6. The van der Waals surface area contributed by atoms with Gasteiger partial charge in [-0.25, -0.2) is 0 Å². The normalized spacial score (nSPS) is 12.1. The van der Waals surface area contributed by atoms with Gasteiger partial charge in [0, 0.05) is 12.8 Å². The van der Waals surface area contributed by atoms with Gasteiger partial charge in [0.25, 0.3) is 0 Å². The lowest BCUT2D eigenvalue weighted by molar-refractivity contribution is -0.145. The van der Waals surface area contributed by atoms with E-state index in [-0.39, 0.29) is 18.8 Å². The van der Waals surface area contributed by atoms with E-state index in [4.69, 9.17) is 9.84 Å². The van der Waals surface area contributed by atoms with E-state index in [1.54, 1.807) is 0 Å². The Morgan fingerprint density at radius 3 is 1.55 bits per heavy atom. The quantitative estimate of drug-likeness (QED) is 0.146. The van der Waals surface area contributed by atoms with Gasteiger partial charge < -0.3 is 9.84 Å². The molecule has 0 aromatic carbocycles. The van der Waals surface area contributed by atoms with E-state index in [2.05, 4.69) is 13.8 Å². The number of carbonyl (C=O) groups excluding carboxylic acids is 1. The fraction of sp³-hybridized carbons (Fsp3) is 0.920. The average Bonchev–Trinajstić information content (AvgIpc) is 2.69. The Bertz CT molecular complexity index is 381. The first kappa shape index (κ1) is 27.9. The van der Waals surface area contributed by atoms with Gasteiger partial charge in [-0.2, -0.15) is 0 Å². The third-order valence-electron chi connectivity index (χ3n) is 5.68. The Balaban J connectivity index is 4.01. The number of hydrogen-bond acceptors (Lipinski definition) is 3. The highest BCUT2D eigenvalue weighted by atomic mass is 16.5. The molecule has 0 saturated heterocycles. The highest BCUT2D eigenvalue weighted by molar-refractivity contribution is 5.71. The first-order valence-corrected chi connectivity index (χ1v) is 12.5. The number of carboxylic acid groups (broad SMARTS) is 1. The van der Waals surface area contributed by atoms with E-state index in [0.29, 0.717) is 18.9 Å². The van der Waals surface area contributed by atoms with E-state index >= 15 is 0 Å². The van der Waals surface area contributed by atoms with Crippen molar-refractivity contribution in [3.05, 3.63) is 0 Å². The Morgan fingerprint density at radius 1 is 0.655 bits per heavy atom. The fourth-order valence-corrected chi connectivity index (χ4v) is 3.76. The number of rotatable bonds is 22. The minimum Gasteiger partial charge on any atom is -0.481 e. The van der Waals surface area contributed by atoms with Crippen LogP contribution in [0.4, 0.5) is 0 Å². The predicted octanol–water partition coefficient (Wildman–Crippen LogP) is 7.68. The second-order valence-corrected chi connectivity index (χ2v) is 8.62. The molecular weight excluding hydrogens is 364 g/mol. The number of aliphatic carboxylic acids is 1. The molecule has 0 rings (SSSR count). The minimum absolute atomic E-state index is 0.0363. The number of carboxylic acids is 1. The van der Waals surface area contributed by atoms with Gasteiger partial charge in [-0.3, -0.25) is 9.59 Å². The molecule has 0 aliphatic carbocycles. The van der Waals surface area contributed by atoms with Gasteiger partial charge in [-0.1, -0.05) is 104 Å². The van der Waals surface area contributed by atoms with Crippen molar-refractivity contribution in [3.8, 4) is 0 Å². The van der Waals surface area contributed by atoms with E-state index < -0.39 is 5.97 Å². The van der Waals surface area contributed by atoms with Gasteiger partial charge in [0.15, 0.2) is 0 Å². The number of unbranched alkanes of at least 4 members (excludes halogenated alkanes) is 12. The van der Waals surface area contributed by atoms with Crippen LogP contribution < -0.4 is 0 Å². The summed E-state index contributed by atoms with van der Waals surface area (Å²) in [5, 5.41) is 8.67. The summed E-state index contributed by atoms with van der Waals surface area (Å²) in [5.74, 6) is -0.631. The third kappa shape index (κ3) is 21.5. The largest absolute Gasteiger partial charge is 0.481 e. The molecule has 4 heteroatoms. The van der Waals surface area contributed by atoms with Crippen molar-refractivity contribution >= 4 is 11.9 Å². The molecule has 0 aliphatic rings. The highest BCUT2D eigenvalue weighted by Gasteiger charge is 2.12. The summed E-state index contributed by atoms with van der Waals surface area (Å²) in [4.78, 5) is 22.4. The zero-order valence-corrected chi connectivity index (χ0v) is 19.4. The molecule has 0 saturated carbocycles. The van der Waals surface area contributed by atoms with Crippen molar-refractivity contribution in [3.63, 3.8) is 0 Å². The molecule has 0 aromatic heterocycles. The smallest absolute Gasteiger partial charge is 0.305 e. The molecule has 0 heterocycles. The summed E-state index contributed by atoms with van der Waals surface area (Å²) in [6.07, 6.45) is 21.2. The van der Waals surface area contributed by atoms with Gasteiger partial charge in [0.2, 0.25) is 0 Å². The summed E-state index contributed by atoms with van der Waals surface area (Å²) < 4.78 is 5.47. The molecule has 0 spiro atoms. The van der Waals surface area contributed by atoms with Gasteiger partial charge >= 0.3 is 11.9 Å². The summed E-state index contributed by atoms with van der Waals surface area (Å²) in [5.41, 5.74) is 0. The van der Waals surface area contributed by atoms with Crippen molar-refractivity contribution in [2.45, 2.75) is 136 Å². The molecule has 1 N–H and O–H groups in total. The topological polar surface area (TPSA) is 63.6 Å². The Labute approximate surface area is 180 Å². The van der Waals surface area contributed by atoms with Crippen molar-refractivity contribution in [1.29, 1.82) is 0 Å². The highest BCUT2D eigenvalue weighted by Crippen LogP contribution is 2.20. The van der Waals surface area contributed by atoms with Crippen LogP contribution in [0.25, 0.3) is 0 Å². The van der Waals surface area contributed by atoms with Crippen LogP contribution in [0.3, 0.4) is 0 Å². The lowest BCUT2D eigenvalue weighted by Gasteiger charge is -2.17. The van der Waals surface area contributed by atoms with Crippen LogP contribution in [-0.2, 0) is 14.3 Å². The van der Waals surface area contributed by atoms with Crippen LogP contribution >= 0.6 is 0 Å². The molecule has 1 unspecified atom stereocenters. The first-order valence-electron chi connectivity index (χ1n) is 12.5. The lowest BCUT2D eigenvalue weighted by atomic mass is 9.94. The fourth-order valence-electron chi connectivity index (χ4n) is 3.76. The maximum Gasteiger partial charge on any atom is 0.305 e. The van der Waals surface area contributed by atoms with Crippen LogP contribution in [0.15, 0.2) is 0 Å².